The third-order valence-electron chi connectivity index (χ3n) is 4.67. The van der Waals surface area contributed by atoms with E-state index in [1.54, 1.807) is 0 Å². The van der Waals surface area contributed by atoms with E-state index in [0.717, 1.165) is 30.6 Å². The number of aromatic nitrogens is 3. The Bertz CT molecular complexity index is 515. The van der Waals surface area contributed by atoms with Crippen molar-refractivity contribution in [2.24, 2.45) is 5.14 Å². The molecule has 2 N–H and O–H groups in total. The average molecular weight is 450 g/mol. The molecule has 28 heavy (non-hydrogen) atoms. The Morgan fingerprint density at radius 2 is 1.32 bits per heavy atom. The molecular formula is C21H38KN4S2. The second kappa shape index (κ2) is 21.3. The van der Waals surface area contributed by atoms with Gasteiger partial charge in [0.2, 0.25) is 5.16 Å². The second-order valence-electron chi connectivity index (χ2n) is 7.14. The Kier molecular flexibility index (Phi) is 22.1. The van der Waals surface area contributed by atoms with E-state index < -0.39 is 0 Å². The van der Waals surface area contributed by atoms with E-state index in [1.807, 2.05) is 0 Å². The number of unbranched alkanes of at least 4 members (excludes halogenated alkanes) is 12. The normalized spacial score (nSPS) is 11.1. The van der Waals surface area contributed by atoms with Gasteiger partial charge in [-0.25, -0.2) is 9.97 Å². The smallest absolute Gasteiger partial charge is 0.206 e. The Balaban J connectivity index is 0.00000729. The van der Waals surface area contributed by atoms with E-state index in [1.165, 1.54) is 83.5 Å². The topological polar surface area (TPSA) is 64.7 Å². The van der Waals surface area contributed by atoms with Crippen molar-refractivity contribution in [1.82, 2.24) is 15.0 Å². The maximum Gasteiger partial charge on any atom is 0.206 e. The quantitative estimate of drug-likeness (QED) is 0.0957. The van der Waals surface area contributed by atoms with Crippen molar-refractivity contribution in [3.63, 3.8) is 0 Å². The van der Waals surface area contributed by atoms with Crippen molar-refractivity contribution >= 4 is 76.0 Å². The Morgan fingerprint density at radius 3 is 1.89 bits per heavy atom. The summed E-state index contributed by atoms with van der Waals surface area (Å²) in [5, 5.41) is 6.51. The summed E-state index contributed by atoms with van der Waals surface area (Å²) in [5.74, 6) is 0.804. The number of rotatable bonds is 17. The predicted octanol–water partition coefficient (Wildman–Crippen LogP) is 6.33. The van der Waals surface area contributed by atoms with Crippen LogP contribution in [0, 0.1) is 0 Å². The fourth-order valence-electron chi connectivity index (χ4n) is 3.08. The first-order valence-electron chi connectivity index (χ1n) is 10.7. The van der Waals surface area contributed by atoms with Gasteiger partial charge in [0.1, 0.15) is 5.82 Å². The first kappa shape index (κ1) is 29.0. The van der Waals surface area contributed by atoms with E-state index in [0.29, 0.717) is 10.3 Å². The molecule has 0 bridgehead atoms. The molecule has 7 heteroatoms. The van der Waals surface area contributed by atoms with Crippen LogP contribution < -0.4 is 5.14 Å². The summed E-state index contributed by atoms with van der Waals surface area (Å²) in [7, 11) is 0. The summed E-state index contributed by atoms with van der Waals surface area (Å²) < 4.78 is 0. The molecule has 0 aliphatic rings. The van der Waals surface area contributed by atoms with Crippen LogP contribution >= 0.6 is 24.6 Å². The monoisotopic (exact) mass is 449 g/mol. The van der Waals surface area contributed by atoms with Gasteiger partial charge in [0.15, 0.2) is 5.16 Å². The van der Waals surface area contributed by atoms with Gasteiger partial charge in [0.25, 0.3) is 0 Å². The van der Waals surface area contributed by atoms with Gasteiger partial charge in [0, 0.05) is 57.8 Å². The molecule has 1 radical (unpaired) electrons. The van der Waals surface area contributed by atoms with Gasteiger partial charge in [-0.15, -0.1) is 12.6 Å². The van der Waals surface area contributed by atoms with Gasteiger partial charge in [-0.05, 0) is 44.1 Å². The molecule has 155 valence electrons. The number of nitrogens with two attached hydrogens (primary N) is 1. The zero-order chi connectivity index (χ0) is 19.6. The van der Waals surface area contributed by atoms with E-state index >= 15 is 0 Å². The van der Waals surface area contributed by atoms with Crippen LogP contribution in [0.5, 0.6) is 0 Å². The summed E-state index contributed by atoms with van der Waals surface area (Å²) in [5.41, 5.74) is 0. The molecule has 0 saturated carbocycles. The van der Waals surface area contributed by atoms with E-state index in [4.69, 9.17) is 5.14 Å². The number of allylic oxidation sites excluding steroid dienone is 2. The minimum Gasteiger partial charge on any atom is -0.271 e. The van der Waals surface area contributed by atoms with Crippen molar-refractivity contribution < 1.29 is 0 Å². The molecule has 0 aliphatic carbocycles. The SMILES string of the molecule is CCCCCCCC/C=C\CCCCCCCCc1nc(S)nc(SN)n1.[K]. The Morgan fingerprint density at radius 1 is 0.786 bits per heavy atom. The molecule has 0 amide bonds. The predicted molar refractivity (Wildman–Crippen MR) is 126 cm³/mol. The van der Waals surface area contributed by atoms with Crippen molar-refractivity contribution in [2.45, 2.75) is 114 Å². The first-order chi connectivity index (χ1) is 13.3. The number of hydrogen-bond acceptors (Lipinski definition) is 6. The number of hydrogen-bond donors (Lipinski definition) is 2. The maximum atomic E-state index is 5.50. The Labute approximate surface area is 225 Å². The molecule has 1 heterocycles. The van der Waals surface area contributed by atoms with E-state index in [9.17, 15) is 0 Å². The van der Waals surface area contributed by atoms with Crippen molar-refractivity contribution in [2.75, 3.05) is 0 Å². The summed E-state index contributed by atoms with van der Waals surface area (Å²) in [6.07, 6.45) is 24.1. The van der Waals surface area contributed by atoms with Gasteiger partial charge in [-0.3, -0.25) is 5.14 Å². The van der Waals surface area contributed by atoms with Crippen LogP contribution in [0.4, 0.5) is 0 Å². The van der Waals surface area contributed by atoms with E-state index in [2.05, 4.69) is 46.7 Å². The molecule has 1 aromatic rings. The van der Waals surface area contributed by atoms with Crippen molar-refractivity contribution in [1.29, 1.82) is 0 Å². The van der Waals surface area contributed by atoms with Crippen molar-refractivity contribution in [3.8, 4) is 0 Å². The molecule has 0 fully saturated rings. The van der Waals surface area contributed by atoms with Gasteiger partial charge < -0.3 is 0 Å². The molecule has 0 aromatic carbocycles. The minimum atomic E-state index is 0. The second-order valence-corrected chi connectivity index (χ2v) is 8.14. The maximum absolute atomic E-state index is 5.50. The van der Waals surface area contributed by atoms with Crippen LogP contribution in [0.3, 0.4) is 0 Å². The number of thiol groups is 1. The molecule has 0 unspecified atom stereocenters. The molecule has 0 saturated heterocycles. The summed E-state index contributed by atoms with van der Waals surface area (Å²) >= 11 is 5.24. The van der Waals surface area contributed by atoms with Gasteiger partial charge in [0.05, 0.1) is 0 Å². The summed E-state index contributed by atoms with van der Waals surface area (Å²) in [6, 6.07) is 0. The number of aryl methyl sites for hydroxylation is 1. The van der Waals surface area contributed by atoms with Gasteiger partial charge >= 0.3 is 0 Å². The molecule has 4 nitrogen and oxygen atoms in total. The van der Waals surface area contributed by atoms with Crippen LogP contribution in [-0.2, 0) is 6.42 Å². The molecular weight excluding hydrogens is 411 g/mol. The minimum absolute atomic E-state index is 0. The largest absolute Gasteiger partial charge is 0.271 e. The van der Waals surface area contributed by atoms with Crippen LogP contribution in [0.1, 0.15) is 103 Å². The van der Waals surface area contributed by atoms with Crippen LogP contribution in [0.2, 0.25) is 0 Å². The molecule has 0 atom stereocenters. The fraction of sp³-hybridized carbons (Fsp3) is 0.762. The molecule has 0 spiro atoms. The zero-order valence-electron chi connectivity index (χ0n) is 18.0. The summed E-state index contributed by atoms with van der Waals surface area (Å²) in [4.78, 5) is 12.6. The number of nitrogens with zero attached hydrogens (tertiary/aromatic N) is 3. The Hall–Kier alpha value is 1.05. The van der Waals surface area contributed by atoms with Crippen LogP contribution in [-0.4, -0.2) is 66.3 Å². The summed E-state index contributed by atoms with van der Waals surface area (Å²) in [6.45, 7) is 2.27. The third-order valence-corrected chi connectivity index (χ3v) is 5.26. The molecule has 1 rings (SSSR count). The van der Waals surface area contributed by atoms with Crippen molar-refractivity contribution in [3.05, 3.63) is 18.0 Å². The van der Waals surface area contributed by atoms with Gasteiger partial charge in [-0.2, -0.15) is 4.98 Å². The molecule has 0 aliphatic heterocycles. The zero-order valence-corrected chi connectivity index (χ0v) is 22.9. The van der Waals surface area contributed by atoms with Crippen LogP contribution in [0.25, 0.3) is 0 Å². The molecule has 1 aromatic heterocycles. The average Bonchev–Trinajstić information content (AvgIpc) is 2.67. The van der Waals surface area contributed by atoms with E-state index in [-0.39, 0.29) is 51.4 Å². The fourth-order valence-corrected chi connectivity index (χ4v) is 3.66. The van der Waals surface area contributed by atoms with Crippen LogP contribution in [0.15, 0.2) is 22.5 Å². The third kappa shape index (κ3) is 16.8. The first-order valence-corrected chi connectivity index (χ1v) is 12.0. The standard InChI is InChI=1S/C21H38N4S2.K/c1-2-3-4-5-6-7-8-9-10-11-12-13-14-15-16-17-18-19-23-20(26)25-21(24-19)27-22;/h9-10H,2-8,11-18,22H2,1H3,(H,23,24,25,26);/b10-9-;. The van der Waals surface area contributed by atoms with Gasteiger partial charge in [-0.1, -0.05) is 76.9 Å².